The van der Waals surface area contributed by atoms with Crippen LogP contribution in [-0.4, -0.2) is 31.1 Å². The van der Waals surface area contributed by atoms with E-state index in [-0.39, 0.29) is 17.4 Å². The molecule has 8 nitrogen and oxygen atoms in total. The number of benzene rings is 2. The normalized spacial score (nSPS) is 11.4. The van der Waals surface area contributed by atoms with Gasteiger partial charge < -0.3 is 9.26 Å². The largest absolute Gasteiger partial charge is 0.455 e. The summed E-state index contributed by atoms with van der Waals surface area (Å²) in [6, 6.07) is 13.6. The molecule has 0 aliphatic heterocycles. The van der Waals surface area contributed by atoms with Crippen molar-refractivity contribution in [2.75, 3.05) is 6.54 Å². The summed E-state index contributed by atoms with van der Waals surface area (Å²) in [4.78, 5) is 16.0. The smallest absolute Gasteiger partial charge is 0.321 e. The van der Waals surface area contributed by atoms with Gasteiger partial charge >= 0.3 is 5.97 Å². The van der Waals surface area contributed by atoms with Gasteiger partial charge in [-0.3, -0.25) is 4.79 Å². The maximum atomic E-state index is 12.1. The molecule has 2 aromatic carbocycles. The number of halogens is 1. The summed E-state index contributed by atoms with van der Waals surface area (Å²) in [6.07, 6.45) is 0. The van der Waals surface area contributed by atoms with Crippen molar-refractivity contribution in [3.8, 4) is 11.4 Å². The van der Waals surface area contributed by atoms with Gasteiger partial charge in [-0.2, -0.15) is 9.71 Å². The van der Waals surface area contributed by atoms with Crippen molar-refractivity contribution >= 4 is 31.9 Å². The van der Waals surface area contributed by atoms with Gasteiger partial charge in [-0.1, -0.05) is 50.9 Å². The molecule has 0 radical (unpaired) electrons. The van der Waals surface area contributed by atoms with Crippen molar-refractivity contribution in [2.45, 2.75) is 18.4 Å². The average Bonchev–Trinajstić information content (AvgIpc) is 3.14. The molecule has 10 heteroatoms. The molecule has 146 valence electrons. The van der Waals surface area contributed by atoms with Crippen LogP contribution in [0.5, 0.6) is 0 Å². The minimum absolute atomic E-state index is 0.0708. The number of rotatable bonds is 7. The molecule has 3 aromatic rings. The van der Waals surface area contributed by atoms with Crippen LogP contribution in [0, 0.1) is 6.92 Å². The third kappa shape index (κ3) is 5.24. The highest BCUT2D eigenvalue weighted by Crippen LogP contribution is 2.20. The van der Waals surface area contributed by atoms with E-state index in [4.69, 9.17) is 9.26 Å². The number of hydrogen-bond donors (Lipinski definition) is 1. The van der Waals surface area contributed by atoms with Crippen LogP contribution >= 0.6 is 15.9 Å². The average molecular weight is 466 g/mol. The zero-order valence-corrected chi connectivity index (χ0v) is 17.2. The summed E-state index contributed by atoms with van der Waals surface area (Å²) < 4.78 is 37.4. The van der Waals surface area contributed by atoms with Gasteiger partial charge in [0.2, 0.25) is 15.8 Å². The fourth-order valence-electron chi connectivity index (χ4n) is 2.21. The number of sulfonamides is 1. The first-order valence-corrected chi connectivity index (χ1v) is 10.4. The summed E-state index contributed by atoms with van der Waals surface area (Å²) >= 11 is 3.36. The molecule has 0 saturated carbocycles. The zero-order chi connectivity index (χ0) is 20.1. The van der Waals surface area contributed by atoms with Crippen LogP contribution in [0.2, 0.25) is 0 Å². The molecule has 0 spiro atoms. The molecule has 0 amide bonds. The second-order valence-electron chi connectivity index (χ2n) is 5.82. The van der Waals surface area contributed by atoms with Gasteiger partial charge in [0.05, 0.1) is 4.90 Å². The molecule has 0 atom stereocenters. The van der Waals surface area contributed by atoms with Crippen LogP contribution < -0.4 is 4.72 Å². The van der Waals surface area contributed by atoms with Gasteiger partial charge in [-0.05, 0) is 31.2 Å². The number of carbonyl (C=O) groups is 1. The Labute approximate surface area is 170 Å². The van der Waals surface area contributed by atoms with Crippen molar-refractivity contribution < 1.29 is 22.5 Å². The van der Waals surface area contributed by atoms with Crippen LogP contribution in [-0.2, 0) is 26.2 Å². The van der Waals surface area contributed by atoms with Crippen molar-refractivity contribution in [1.82, 2.24) is 14.9 Å². The highest BCUT2D eigenvalue weighted by atomic mass is 79.9. The molecule has 1 N–H and O–H groups in total. The summed E-state index contributed by atoms with van der Waals surface area (Å²) in [5.41, 5.74) is 1.67. The molecule has 0 fully saturated rings. The molecule has 3 rings (SSSR count). The van der Waals surface area contributed by atoms with E-state index < -0.39 is 22.5 Å². The summed E-state index contributed by atoms with van der Waals surface area (Å²) in [6.45, 7) is 1.08. The summed E-state index contributed by atoms with van der Waals surface area (Å²) in [5.74, 6) is -0.310. The minimum atomic E-state index is -3.80. The van der Waals surface area contributed by atoms with Crippen LogP contribution in [0.25, 0.3) is 11.4 Å². The molecular weight excluding hydrogens is 450 g/mol. The van der Waals surface area contributed by atoms with Gasteiger partial charge in [0.1, 0.15) is 6.54 Å². The monoisotopic (exact) mass is 465 g/mol. The molecule has 0 aliphatic carbocycles. The van der Waals surface area contributed by atoms with E-state index in [9.17, 15) is 13.2 Å². The minimum Gasteiger partial charge on any atom is -0.455 e. The molecule has 0 unspecified atom stereocenters. The maximum Gasteiger partial charge on any atom is 0.321 e. The summed E-state index contributed by atoms with van der Waals surface area (Å²) in [7, 11) is -3.80. The Kier molecular flexibility index (Phi) is 6.22. The van der Waals surface area contributed by atoms with E-state index >= 15 is 0 Å². The lowest BCUT2D eigenvalue weighted by Gasteiger charge is -2.06. The summed E-state index contributed by atoms with van der Waals surface area (Å²) in [5, 5.41) is 3.83. The Morgan fingerprint density at radius 1 is 1.21 bits per heavy atom. The number of aryl methyl sites for hydroxylation is 1. The topological polar surface area (TPSA) is 111 Å². The van der Waals surface area contributed by atoms with E-state index in [2.05, 4.69) is 30.8 Å². The van der Waals surface area contributed by atoms with E-state index in [1.807, 2.05) is 31.2 Å². The molecule has 1 heterocycles. The Morgan fingerprint density at radius 2 is 1.96 bits per heavy atom. The molecule has 0 bridgehead atoms. The Balaban J connectivity index is 1.53. The van der Waals surface area contributed by atoms with E-state index in [0.717, 1.165) is 15.6 Å². The van der Waals surface area contributed by atoms with Gasteiger partial charge in [0, 0.05) is 10.0 Å². The Hall–Kier alpha value is -2.56. The standard InChI is InChI=1S/C18H16BrN3O5S/c1-12-5-7-15(8-6-12)28(24,25)20-10-17(23)26-11-16-21-18(22-27-16)13-3-2-4-14(19)9-13/h2-9,20H,10-11H2,1H3. The first-order valence-electron chi connectivity index (χ1n) is 8.14. The quantitative estimate of drug-likeness (QED) is 0.533. The molecule has 0 saturated heterocycles. The third-order valence-corrected chi connectivity index (χ3v) is 5.56. The van der Waals surface area contributed by atoms with Crippen LogP contribution in [0.1, 0.15) is 11.5 Å². The van der Waals surface area contributed by atoms with Gasteiger partial charge in [-0.25, -0.2) is 8.42 Å². The van der Waals surface area contributed by atoms with Crippen molar-refractivity contribution in [3.63, 3.8) is 0 Å². The zero-order valence-electron chi connectivity index (χ0n) is 14.8. The van der Waals surface area contributed by atoms with Crippen LogP contribution in [0.15, 0.2) is 62.4 Å². The Morgan fingerprint density at radius 3 is 2.68 bits per heavy atom. The number of esters is 1. The van der Waals surface area contributed by atoms with Crippen LogP contribution in [0.3, 0.4) is 0 Å². The maximum absolute atomic E-state index is 12.1. The second kappa shape index (κ2) is 8.63. The molecular formula is C18H16BrN3O5S. The third-order valence-electron chi connectivity index (χ3n) is 3.65. The van der Waals surface area contributed by atoms with Crippen molar-refractivity contribution in [3.05, 3.63) is 64.5 Å². The van der Waals surface area contributed by atoms with E-state index in [1.54, 1.807) is 12.1 Å². The number of carbonyl (C=O) groups excluding carboxylic acids is 1. The number of aromatic nitrogens is 2. The first-order chi connectivity index (χ1) is 13.3. The molecule has 1 aromatic heterocycles. The van der Waals surface area contributed by atoms with E-state index in [1.165, 1.54) is 12.1 Å². The predicted molar refractivity (Wildman–Crippen MR) is 104 cm³/mol. The number of nitrogens with one attached hydrogen (secondary N) is 1. The lowest BCUT2D eigenvalue weighted by atomic mass is 10.2. The molecule has 28 heavy (non-hydrogen) atoms. The van der Waals surface area contributed by atoms with Gasteiger partial charge in [-0.15, -0.1) is 0 Å². The predicted octanol–water partition coefficient (Wildman–Crippen LogP) is 2.83. The number of ether oxygens (including phenoxy) is 1. The number of nitrogens with zero attached hydrogens (tertiary/aromatic N) is 2. The number of hydrogen-bond acceptors (Lipinski definition) is 7. The van der Waals surface area contributed by atoms with Gasteiger partial charge in [0.25, 0.3) is 5.89 Å². The van der Waals surface area contributed by atoms with E-state index in [0.29, 0.717) is 5.82 Å². The van der Waals surface area contributed by atoms with Gasteiger partial charge in [0.15, 0.2) is 6.61 Å². The van der Waals surface area contributed by atoms with Crippen molar-refractivity contribution in [2.24, 2.45) is 0 Å². The van der Waals surface area contributed by atoms with Crippen LogP contribution in [0.4, 0.5) is 0 Å². The fraction of sp³-hybridized carbons (Fsp3) is 0.167. The highest BCUT2D eigenvalue weighted by molar-refractivity contribution is 9.10. The fourth-order valence-corrected chi connectivity index (χ4v) is 3.57. The molecule has 0 aliphatic rings. The Bertz CT molecular complexity index is 1080. The first kappa shape index (κ1) is 20.2. The SMILES string of the molecule is Cc1ccc(S(=O)(=O)NCC(=O)OCc2nc(-c3cccc(Br)c3)no2)cc1. The highest BCUT2D eigenvalue weighted by Gasteiger charge is 2.17. The lowest BCUT2D eigenvalue weighted by Crippen LogP contribution is -2.30. The second-order valence-corrected chi connectivity index (χ2v) is 8.50. The lowest BCUT2D eigenvalue weighted by molar-refractivity contribution is -0.144. The van der Waals surface area contributed by atoms with Crippen molar-refractivity contribution in [1.29, 1.82) is 0 Å².